The highest BCUT2D eigenvalue weighted by Gasteiger charge is 2.04. The van der Waals surface area contributed by atoms with E-state index in [2.05, 4.69) is 10.6 Å². The Morgan fingerprint density at radius 3 is 2.58 bits per heavy atom. The lowest BCUT2D eigenvalue weighted by atomic mass is 10.2. The fraction of sp³-hybridized carbons (Fsp3) is 0.235. The van der Waals surface area contributed by atoms with Crippen LogP contribution in [0, 0.1) is 17.0 Å². The second-order valence-electron chi connectivity index (χ2n) is 5.19. The maximum absolute atomic E-state index is 11.7. The van der Waals surface area contributed by atoms with E-state index in [1.54, 1.807) is 18.2 Å². The Labute approximate surface area is 139 Å². The number of amides is 1. The SMILES string of the molecule is Cc1cccc(OCC(=O)NCCNc2ccc([N+](=O)[O-])cc2)c1. The lowest BCUT2D eigenvalue weighted by Gasteiger charge is -2.09. The van der Waals surface area contributed by atoms with E-state index in [0.29, 0.717) is 18.8 Å². The molecule has 7 nitrogen and oxygen atoms in total. The number of anilines is 1. The van der Waals surface area contributed by atoms with Crippen LogP contribution in [0.1, 0.15) is 5.56 Å². The Morgan fingerprint density at radius 2 is 1.92 bits per heavy atom. The van der Waals surface area contributed by atoms with Gasteiger partial charge in [0.05, 0.1) is 4.92 Å². The molecule has 0 fully saturated rings. The molecule has 0 heterocycles. The fourth-order valence-electron chi connectivity index (χ4n) is 2.01. The third-order valence-corrected chi connectivity index (χ3v) is 3.21. The number of aryl methyl sites for hydroxylation is 1. The van der Waals surface area contributed by atoms with Crippen molar-refractivity contribution >= 4 is 17.3 Å². The standard InChI is InChI=1S/C17H19N3O4/c1-13-3-2-4-16(11-13)24-12-17(21)19-10-9-18-14-5-7-15(8-6-14)20(22)23/h2-8,11,18H,9-10,12H2,1H3,(H,19,21). The van der Waals surface area contributed by atoms with Crippen LogP contribution < -0.4 is 15.4 Å². The normalized spacial score (nSPS) is 10.0. The summed E-state index contributed by atoms with van der Waals surface area (Å²) in [7, 11) is 0. The quantitative estimate of drug-likeness (QED) is 0.441. The molecule has 0 aromatic heterocycles. The first kappa shape index (κ1) is 17.3. The van der Waals surface area contributed by atoms with Gasteiger partial charge in [-0.25, -0.2) is 0 Å². The molecule has 0 atom stereocenters. The zero-order valence-electron chi connectivity index (χ0n) is 13.3. The van der Waals surface area contributed by atoms with Gasteiger partial charge in [-0.3, -0.25) is 14.9 Å². The van der Waals surface area contributed by atoms with E-state index < -0.39 is 4.92 Å². The summed E-state index contributed by atoms with van der Waals surface area (Å²) in [6.45, 7) is 2.85. The van der Waals surface area contributed by atoms with Crippen LogP contribution in [-0.2, 0) is 4.79 Å². The molecule has 1 amide bonds. The molecule has 0 radical (unpaired) electrons. The van der Waals surface area contributed by atoms with Gasteiger partial charge in [0.1, 0.15) is 5.75 Å². The molecule has 2 rings (SSSR count). The van der Waals surface area contributed by atoms with Gasteiger partial charge in [-0.05, 0) is 36.8 Å². The van der Waals surface area contributed by atoms with Gasteiger partial charge < -0.3 is 15.4 Å². The van der Waals surface area contributed by atoms with E-state index in [4.69, 9.17) is 4.74 Å². The van der Waals surface area contributed by atoms with Gasteiger partial charge in [-0.15, -0.1) is 0 Å². The topological polar surface area (TPSA) is 93.5 Å². The van der Waals surface area contributed by atoms with Crippen LogP contribution in [0.3, 0.4) is 0 Å². The maximum Gasteiger partial charge on any atom is 0.269 e. The van der Waals surface area contributed by atoms with Crippen LogP contribution in [0.2, 0.25) is 0 Å². The van der Waals surface area contributed by atoms with Crippen molar-refractivity contribution in [2.75, 3.05) is 25.0 Å². The Morgan fingerprint density at radius 1 is 1.17 bits per heavy atom. The molecule has 2 aromatic carbocycles. The number of hydrogen-bond donors (Lipinski definition) is 2. The van der Waals surface area contributed by atoms with E-state index in [-0.39, 0.29) is 18.2 Å². The van der Waals surface area contributed by atoms with Crippen molar-refractivity contribution in [2.24, 2.45) is 0 Å². The second kappa shape index (κ2) is 8.52. The average molecular weight is 329 g/mol. The zero-order chi connectivity index (χ0) is 17.4. The van der Waals surface area contributed by atoms with Gasteiger partial charge in [0.25, 0.3) is 11.6 Å². The molecule has 2 N–H and O–H groups in total. The van der Waals surface area contributed by atoms with Crippen molar-refractivity contribution in [1.82, 2.24) is 5.32 Å². The number of nitro groups is 1. The number of nitrogens with one attached hydrogen (secondary N) is 2. The first-order chi connectivity index (χ1) is 11.5. The van der Waals surface area contributed by atoms with Crippen molar-refractivity contribution in [1.29, 1.82) is 0 Å². The number of non-ortho nitro benzene ring substituents is 1. The molecule has 0 aliphatic rings. The minimum atomic E-state index is -0.446. The summed E-state index contributed by atoms with van der Waals surface area (Å²) >= 11 is 0. The molecular formula is C17H19N3O4. The first-order valence-electron chi connectivity index (χ1n) is 7.49. The third kappa shape index (κ3) is 5.60. The number of ether oxygens (including phenoxy) is 1. The Balaban J connectivity index is 1.64. The van der Waals surface area contributed by atoms with Gasteiger partial charge in [0.15, 0.2) is 6.61 Å². The molecule has 0 saturated carbocycles. The average Bonchev–Trinajstić information content (AvgIpc) is 2.57. The molecule has 24 heavy (non-hydrogen) atoms. The van der Waals surface area contributed by atoms with Crippen LogP contribution in [-0.4, -0.2) is 30.5 Å². The lowest BCUT2D eigenvalue weighted by molar-refractivity contribution is -0.384. The molecule has 0 aliphatic heterocycles. The molecule has 7 heteroatoms. The van der Waals surface area contributed by atoms with Gasteiger partial charge in [0.2, 0.25) is 0 Å². The van der Waals surface area contributed by atoms with E-state index in [9.17, 15) is 14.9 Å². The summed E-state index contributed by atoms with van der Waals surface area (Å²) in [5.74, 6) is 0.455. The molecular weight excluding hydrogens is 310 g/mol. The van der Waals surface area contributed by atoms with Crippen molar-refractivity contribution in [2.45, 2.75) is 6.92 Å². The summed E-state index contributed by atoms with van der Waals surface area (Å²) in [5, 5.41) is 16.4. The third-order valence-electron chi connectivity index (χ3n) is 3.21. The first-order valence-corrected chi connectivity index (χ1v) is 7.49. The van der Waals surface area contributed by atoms with Crippen molar-refractivity contribution in [3.8, 4) is 5.75 Å². The number of carbonyl (C=O) groups excluding carboxylic acids is 1. The number of carbonyl (C=O) groups is 1. The molecule has 0 unspecified atom stereocenters. The predicted molar refractivity (Wildman–Crippen MR) is 91.3 cm³/mol. The molecule has 2 aromatic rings. The van der Waals surface area contributed by atoms with E-state index >= 15 is 0 Å². The summed E-state index contributed by atoms with van der Waals surface area (Å²) in [6.07, 6.45) is 0. The summed E-state index contributed by atoms with van der Waals surface area (Å²) < 4.78 is 5.40. The van der Waals surface area contributed by atoms with Crippen LogP contribution in [0.4, 0.5) is 11.4 Å². The lowest BCUT2D eigenvalue weighted by Crippen LogP contribution is -2.32. The van der Waals surface area contributed by atoms with Gasteiger partial charge >= 0.3 is 0 Å². The molecule has 0 bridgehead atoms. The van der Waals surface area contributed by atoms with E-state index in [1.807, 2.05) is 25.1 Å². The highest BCUT2D eigenvalue weighted by molar-refractivity contribution is 5.77. The summed E-state index contributed by atoms with van der Waals surface area (Å²) in [4.78, 5) is 21.8. The fourth-order valence-corrected chi connectivity index (χ4v) is 2.01. The van der Waals surface area contributed by atoms with Gasteiger partial charge in [-0.1, -0.05) is 12.1 Å². The van der Waals surface area contributed by atoms with Crippen molar-refractivity contribution in [3.05, 3.63) is 64.2 Å². The molecule has 0 aliphatic carbocycles. The minimum Gasteiger partial charge on any atom is -0.484 e. The van der Waals surface area contributed by atoms with Gasteiger partial charge in [0, 0.05) is 30.9 Å². The van der Waals surface area contributed by atoms with Gasteiger partial charge in [-0.2, -0.15) is 0 Å². The molecule has 0 saturated heterocycles. The van der Waals surface area contributed by atoms with Crippen LogP contribution in [0.25, 0.3) is 0 Å². The van der Waals surface area contributed by atoms with Crippen LogP contribution in [0.15, 0.2) is 48.5 Å². The number of hydrogen-bond acceptors (Lipinski definition) is 5. The van der Waals surface area contributed by atoms with E-state index in [0.717, 1.165) is 11.3 Å². The maximum atomic E-state index is 11.7. The molecule has 126 valence electrons. The van der Waals surface area contributed by atoms with Crippen molar-refractivity contribution < 1.29 is 14.5 Å². The monoisotopic (exact) mass is 329 g/mol. The zero-order valence-corrected chi connectivity index (χ0v) is 13.3. The number of nitrogens with zero attached hydrogens (tertiary/aromatic N) is 1. The van der Waals surface area contributed by atoms with Crippen molar-refractivity contribution in [3.63, 3.8) is 0 Å². The highest BCUT2D eigenvalue weighted by atomic mass is 16.6. The Bertz CT molecular complexity index is 701. The molecule has 0 spiro atoms. The summed E-state index contributed by atoms with van der Waals surface area (Å²) in [5.41, 5.74) is 1.87. The van der Waals surface area contributed by atoms with Crippen LogP contribution >= 0.6 is 0 Å². The largest absolute Gasteiger partial charge is 0.484 e. The highest BCUT2D eigenvalue weighted by Crippen LogP contribution is 2.15. The smallest absolute Gasteiger partial charge is 0.269 e. The number of rotatable bonds is 8. The minimum absolute atomic E-state index is 0.0407. The Kier molecular flexibility index (Phi) is 6.13. The van der Waals surface area contributed by atoms with E-state index in [1.165, 1.54) is 12.1 Å². The number of nitro benzene ring substituents is 1. The summed E-state index contributed by atoms with van der Waals surface area (Å²) in [6, 6.07) is 13.6. The van der Waals surface area contributed by atoms with Crippen LogP contribution in [0.5, 0.6) is 5.75 Å². The predicted octanol–water partition coefficient (Wildman–Crippen LogP) is 2.51. The second-order valence-corrected chi connectivity index (χ2v) is 5.19. The Hall–Kier alpha value is -3.09. The number of benzene rings is 2.